The summed E-state index contributed by atoms with van der Waals surface area (Å²) in [5, 5.41) is 2.33. The van der Waals surface area contributed by atoms with Crippen LogP contribution in [0.2, 0.25) is 0 Å². The van der Waals surface area contributed by atoms with E-state index in [0.717, 1.165) is 30.6 Å². The van der Waals surface area contributed by atoms with Gasteiger partial charge in [0.2, 0.25) is 0 Å². The Hall–Kier alpha value is -1.25. The van der Waals surface area contributed by atoms with E-state index >= 15 is 0 Å². The summed E-state index contributed by atoms with van der Waals surface area (Å²) < 4.78 is 11.1. The van der Waals surface area contributed by atoms with Crippen LogP contribution in [0, 0.1) is 0 Å². The molecule has 0 radical (unpaired) electrons. The third kappa shape index (κ3) is 3.17. The lowest BCUT2D eigenvalue weighted by Crippen LogP contribution is -2.06. The molecule has 2 aromatic carbocycles. The maximum absolute atomic E-state index is 6.66. The lowest BCUT2D eigenvalue weighted by Gasteiger charge is -2.16. The van der Waals surface area contributed by atoms with Crippen LogP contribution >= 0.6 is 11.6 Å². The summed E-state index contributed by atoms with van der Waals surface area (Å²) in [6, 6.07) is 12.4. The molecule has 21 heavy (non-hydrogen) atoms. The lowest BCUT2D eigenvalue weighted by molar-refractivity contribution is 0.102. The number of hydrogen-bond acceptors (Lipinski definition) is 2. The van der Waals surface area contributed by atoms with E-state index in [1.54, 1.807) is 7.11 Å². The Morgan fingerprint density at radius 2 is 2.05 bits per heavy atom. The van der Waals surface area contributed by atoms with Crippen molar-refractivity contribution < 1.29 is 9.47 Å². The first kappa shape index (κ1) is 14.7. The maximum Gasteiger partial charge on any atom is 0.126 e. The van der Waals surface area contributed by atoms with Gasteiger partial charge in [-0.3, -0.25) is 0 Å². The lowest BCUT2D eigenvalue weighted by atomic mass is 9.98. The molecular weight excluding hydrogens is 284 g/mol. The van der Waals surface area contributed by atoms with Gasteiger partial charge in [-0.15, -0.1) is 11.6 Å². The van der Waals surface area contributed by atoms with Gasteiger partial charge in [0.05, 0.1) is 18.6 Å². The molecule has 0 saturated carbocycles. The van der Waals surface area contributed by atoms with Crippen LogP contribution in [-0.4, -0.2) is 19.8 Å². The molecule has 3 heteroatoms. The SMILES string of the molecule is COc1ccc(C(Cl)CCC2CCCO2)c2ccccc12. The predicted octanol–water partition coefficient (Wildman–Crippen LogP) is 5.09. The molecule has 1 aliphatic rings. The van der Waals surface area contributed by atoms with Crippen molar-refractivity contribution in [2.75, 3.05) is 13.7 Å². The fourth-order valence-corrected chi connectivity index (χ4v) is 3.42. The van der Waals surface area contributed by atoms with E-state index in [2.05, 4.69) is 24.3 Å². The average Bonchev–Trinajstić information content (AvgIpc) is 3.05. The van der Waals surface area contributed by atoms with Crippen molar-refractivity contribution in [1.29, 1.82) is 0 Å². The molecule has 0 N–H and O–H groups in total. The Morgan fingerprint density at radius 1 is 1.24 bits per heavy atom. The van der Waals surface area contributed by atoms with Crippen molar-refractivity contribution in [2.45, 2.75) is 37.2 Å². The van der Waals surface area contributed by atoms with Gasteiger partial charge in [-0.1, -0.05) is 30.3 Å². The highest BCUT2D eigenvalue weighted by atomic mass is 35.5. The summed E-state index contributed by atoms with van der Waals surface area (Å²) in [5.41, 5.74) is 1.19. The molecule has 2 atom stereocenters. The number of rotatable bonds is 5. The average molecular weight is 305 g/mol. The van der Waals surface area contributed by atoms with Crippen LogP contribution in [-0.2, 0) is 4.74 Å². The van der Waals surface area contributed by atoms with Crippen LogP contribution in [0.3, 0.4) is 0 Å². The minimum atomic E-state index is 0.0185. The van der Waals surface area contributed by atoms with Crippen molar-refractivity contribution in [1.82, 2.24) is 0 Å². The quantitative estimate of drug-likeness (QED) is 0.717. The number of benzene rings is 2. The van der Waals surface area contributed by atoms with Crippen LogP contribution in [0.25, 0.3) is 10.8 Å². The molecule has 1 fully saturated rings. The maximum atomic E-state index is 6.66. The first-order valence-corrected chi connectivity index (χ1v) is 8.04. The van der Waals surface area contributed by atoms with Crippen molar-refractivity contribution in [3.05, 3.63) is 42.0 Å². The molecule has 0 bridgehead atoms. The zero-order valence-corrected chi connectivity index (χ0v) is 13.1. The zero-order valence-electron chi connectivity index (χ0n) is 12.3. The Kier molecular flexibility index (Phi) is 4.67. The normalized spacial score (nSPS) is 19.8. The molecule has 2 aromatic rings. The summed E-state index contributed by atoms with van der Waals surface area (Å²) in [4.78, 5) is 0. The van der Waals surface area contributed by atoms with E-state index in [0.29, 0.717) is 6.10 Å². The van der Waals surface area contributed by atoms with E-state index in [1.807, 2.05) is 12.1 Å². The van der Waals surface area contributed by atoms with Gasteiger partial charge in [0, 0.05) is 12.0 Å². The second kappa shape index (κ2) is 6.67. The van der Waals surface area contributed by atoms with Gasteiger partial charge in [0.1, 0.15) is 5.75 Å². The van der Waals surface area contributed by atoms with Crippen LogP contribution in [0.1, 0.15) is 36.6 Å². The molecule has 0 aromatic heterocycles. The second-order valence-electron chi connectivity index (χ2n) is 5.58. The minimum Gasteiger partial charge on any atom is -0.496 e. The summed E-state index contributed by atoms with van der Waals surface area (Å²) in [6.07, 6.45) is 4.74. The number of alkyl halides is 1. The largest absolute Gasteiger partial charge is 0.496 e. The minimum absolute atomic E-state index is 0.0185. The van der Waals surface area contributed by atoms with E-state index in [1.165, 1.54) is 23.8 Å². The van der Waals surface area contributed by atoms with Gasteiger partial charge >= 0.3 is 0 Å². The summed E-state index contributed by atoms with van der Waals surface area (Å²) in [6.45, 7) is 0.906. The number of ether oxygens (including phenoxy) is 2. The van der Waals surface area contributed by atoms with Crippen LogP contribution in [0.5, 0.6) is 5.75 Å². The fraction of sp³-hybridized carbons (Fsp3) is 0.444. The second-order valence-corrected chi connectivity index (χ2v) is 6.11. The Labute approximate surface area is 131 Å². The van der Waals surface area contributed by atoms with Gasteiger partial charge < -0.3 is 9.47 Å². The Bertz CT molecular complexity index is 605. The standard InChI is InChI=1S/C18H21ClO2/c1-20-18-11-9-15(14-6-2-3-7-16(14)18)17(19)10-8-13-5-4-12-21-13/h2-3,6-7,9,11,13,17H,4-5,8,10,12H2,1H3. The monoisotopic (exact) mass is 304 g/mol. The van der Waals surface area contributed by atoms with Gasteiger partial charge in [-0.25, -0.2) is 0 Å². The van der Waals surface area contributed by atoms with Crippen molar-refractivity contribution in [3.8, 4) is 5.75 Å². The van der Waals surface area contributed by atoms with Gasteiger partial charge in [0.15, 0.2) is 0 Å². The molecule has 3 rings (SSSR count). The molecule has 112 valence electrons. The number of fused-ring (bicyclic) bond motifs is 1. The topological polar surface area (TPSA) is 18.5 Å². The van der Waals surface area contributed by atoms with Crippen molar-refractivity contribution in [3.63, 3.8) is 0 Å². The Morgan fingerprint density at radius 3 is 2.76 bits per heavy atom. The van der Waals surface area contributed by atoms with E-state index in [-0.39, 0.29) is 5.38 Å². The summed E-state index contributed by atoms with van der Waals surface area (Å²) in [5.74, 6) is 0.900. The molecule has 0 aliphatic carbocycles. The van der Waals surface area contributed by atoms with Crippen molar-refractivity contribution >= 4 is 22.4 Å². The van der Waals surface area contributed by atoms with Crippen LogP contribution < -0.4 is 4.74 Å². The third-order valence-corrected chi connectivity index (χ3v) is 4.69. The number of halogens is 1. The zero-order chi connectivity index (χ0) is 14.7. The van der Waals surface area contributed by atoms with E-state index in [9.17, 15) is 0 Å². The molecule has 1 heterocycles. The molecule has 1 saturated heterocycles. The molecule has 2 nitrogen and oxygen atoms in total. The summed E-state index contributed by atoms with van der Waals surface area (Å²) >= 11 is 6.66. The fourth-order valence-electron chi connectivity index (χ4n) is 3.11. The van der Waals surface area contributed by atoms with E-state index in [4.69, 9.17) is 21.1 Å². The van der Waals surface area contributed by atoms with Crippen LogP contribution in [0.4, 0.5) is 0 Å². The van der Waals surface area contributed by atoms with Crippen LogP contribution in [0.15, 0.2) is 36.4 Å². The molecule has 0 amide bonds. The predicted molar refractivity (Wildman–Crippen MR) is 87.3 cm³/mol. The van der Waals surface area contributed by atoms with E-state index < -0.39 is 0 Å². The third-order valence-electron chi connectivity index (χ3n) is 4.24. The van der Waals surface area contributed by atoms with Crippen molar-refractivity contribution in [2.24, 2.45) is 0 Å². The number of hydrogen-bond donors (Lipinski definition) is 0. The first-order chi connectivity index (χ1) is 10.3. The highest BCUT2D eigenvalue weighted by Crippen LogP contribution is 2.36. The van der Waals surface area contributed by atoms with Gasteiger partial charge in [-0.2, -0.15) is 0 Å². The first-order valence-electron chi connectivity index (χ1n) is 7.61. The summed E-state index contributed by atoms with van der Waals surface area (Å²) in [7, 11) is 1.71. The number of methoxy groups -OCH3 is 1. The molecule has 1 aliphatic heterocycles. The highest BCUT2D eigenvalue weighted by molar-refractivity contribution is 6.22. The van der Waals surface area contributed by atoms with Gasteiger partial charge in [0.25, 0.3) is 0 Å². The van der Waals surface area contributed by atoms with Gasteiger partial charge in [-0.05, 0) is 42.7 Å². The Balaban J connectivity index is 1.82. The highest BCUT2D eigenvalue weighted by Gasteiger charge is 2.19. The smallest absolute Gasteiger partial charge is 0.126 e. The molecule has 2 unspecified atom stereocenters. The molecular formula is C18H21ClO2. The molecule has 0 spiro atoms.